The van der Waals surface area contributed by atoms with Crippen LogP contribution in [0.5, 0.6) is 5.88 Å². The number of ether oxygens (including phenoxy) is 2. The van der Waals surface area contributed by atoms with Gasteiger partial charge in [0.2, 0.25) is 5.88 Å². The van der Waals surface area contributed by atoms with E-state index >= 15 is 0 Å². The number of aromatic nitrogens is 1. The topological polar surface area (TPSA) is 43.4 Å². The summed E-state index contributed by atoms with van der Waals surface area (Å²) in [5.41, 5.74) is 0.996. The maximum absolute atomic E-state index is 5.78. The quantitative estimate of drug-likeness (QED) is 0.753. The van der Waals surface area contributed by atoms with E-state index in [-0.39, 0.29) is 0 Å². The van der Waals surface area contributed by atoms with Crippen molar-refractivity contribution in [2.24, 2.45) is 0 Å². The van der Waals surface area contributed by atoms with E-state index in [0.29, 0.717) is 12.0 Å². The van der Waals surface area contributed by atoms with Gasteiger partial charge < -0.3 is 14.8 Å². The van der Waals surface area contributed by atoms with Crippen molar-refractivity contribution in [3.63, 3.8) is 0 Å². The van der Waals surface area contributed by atoms with E-state index in [1.54, 1.807) is 7.11 Å². The van der Waals surface area contributed by atoms with Crippen LogP contribution in [-0.2, 0) is 11.3 Å². The number of hydrogen-bond acceptors (Lipinski definition) is 4. The molecule has 1 aliphatic rings. The minimum absolute atomic E-state index is 0.502. The van der Waals surface area contributed by atoms with Crippen molar-refractivity contribution in [2.45, 2.75) is 38.3 Å². The summed E-state index contributed by atoms with van der Waals surface area (Å²) in [4.78, 5) is 4.34. The van der Waals surface area contributed by atoms with Gasteiger partial charge in [0, 0.05) is 19.2 Å². The highest BCUT2D eigenvalue weighted by Gasteiger charge is 2.14. The molecule has 1 aromatic rings. The molecule has 0 amide bonds. The second-order valence-corrected chi connectivity index (χ2v) is 4.63. The number of nitrogens with zero attached hydrogens (tertiary/aromatic N) is 1. The molecule has 0 saturated heterocycles. The molecular weight excluding hydrogens is 228 g/mol. The molecule has 0 aliphatic heterocycles. The highest BCUT2D eigenvalue weighted by atomic mass is 16.5. The van der Waals surface area contributed by atoms with Crippen molar-refractivity contribution in [3.8, 4) is 5.88 Å². The Labute approximate surface area is 109 Å². The number of pyridine rings is 1. The molecule has 0 aromatic carbocycles. The fourth-order valence-electron chi connectivity index (χ4n) is 2.24. The summed E-state index contributed by atoms with van der Waals surface area (Å²) in [6, 6.07) is 5.80. The van der Waals surface area contributed by atoms with Gasteiger partial charge in [-0.2, -0.15) is 0 Å². The van der Waals surface area contributed by atoms with Crippen LogP contribution in [0.15, 0.2) is 18.2 Å². The third-order valence-corrected chi connectivity index (χ3v) is 3.23. The van der Waals surface area contributed by atoms with Crippen molar-refractivity contribution in [1.82, 2.24) is 10.3 Å². The van der Waals surface area contributed by atoms with Crippen LogP contribution in [-0.4, -0.2) is 31.3 Å². The highest BCUT2D eigenvalue weighted by Crippen LogP contribution is 2.20. The minimum Gasteiger partial charge on any atom is -0.481 e. The molecule has 4 heteroatoms. The zero-order chi connectivity index (χ0) is 12.6. The molecule has 0 atom stereocenters. The average Bonchev–Trinajstić information content (AvgIpc) is 2.92. The van der Waals surface area contributed by atoms with E-state index < -0.39 is 0 Å². The van der Waals surface area contributed by atoms with Crippen LogP contribution in [0.1, 0.15) is 31.4 Å². The number of methoxy groups -OCH3 is 1. The van der Waals surface area contributed by atoms with E-state index in [4.69, 9.17) is 9.47 Å². The van der Waals surface area contributed by atoms with Crippen molar-refractivity contribution in [1.29, 1.82) is 0 Å². The lowest BCUT2D eigenvalue weighted by molar-refractivity contribution is 0.0602. The molecule has 1 aromatic heterocycles. The monoisotopic (exact) mass is 250 g/mol. The maximum Gasteiger partial charge on any atom is 0.213 e. The van der Waals surface area contributed by atoms with E-state index in [9.17, 15) is 0 Å². The molecule has 100 valence electrons. The van der Waals surface area contributed by atoms with Crippen LogP contribution in [0.2, 0.25) is 0 Å². The Bertz CT molecular complexity index is 351. The molecule has 0 spiro atoms. The Morgan fingerprint density at radius 2 is 2.17 bits per heavy atom. The lowest BCUT2D eigenvalue weighted by Gasteiger charge is -2.11. The van der Waals surface area contributed by atoms with Gasteiger partial charge in [0.1, 0.15) is 0 Å². The Hall–Kier alpha value is -1.13. The molecule has 1 heterocycles. The number of nitrogens with one attached hydrogen (secondary N) is 1. The SMILES string of the molecule is COc1cccc(CNCCOC2CCCC2)n1. The molecule has 4 nitrogen and oxygen atoms in total. The fraction of sp³-hybridized carbons (Fsp3) is 0.643. The first kappa shape index (κ1) is 13.3. The first-order valence-electron chi connectivity index (χ1n) is 6.71. The van der Waals surface area contributed by atoms with Gasteiger partial charge in [-0.25, -0.2) is 4.98 Å². The van der Waals surface area contributed by atoms with E-state index in [1.807, 2.05) is 18.2 Å². The van der Waals surface area contributed by atoms with Crippen LogP contribution in [0.4, 0.5) is 0 Å². The standard InChI is InChI=1S/C14H22N2O2/c1-17-14-8-4-5-12(16-14)11-15-9-10-18-13-6-2-3-7-13/h4-5,8,13,15H,2-3,6-7,9-11H2,1H3. The van der Waals surface area contributed by atoms with Gasteiger partial charge in [0.05, 0.1) is 25.5 Å². The van der Waals surface area contributed by atoms with E-state index in [0.717, 1.165) is 25.4 Å². The summed E-state index contributed by atoms with van der Waals surface area (Å²) in [7, 11) is 1.63. The summed E-state index contributed by atoms with van der Waals surface area (Å²) in [5, 5.41) is 3.33. The van der Waals surface area contributed by atoms with Crippen molar-refractivity contribution < 1.29 is 9.47 Å². The lowest BCUT2D eigenvalue weighted by Crippen LogP contribution is -2.22. The van der Waals surface area contributed by atoms with Crippen molar-refractivity contribution >= 4 is 0 Å². The normalized spacial score (nSPS) is 16.1. The Morgan fingerprint density at radius 1 is 1.33 bits per heavy atom. The van der Waals surface area contributed by atoms with Crippen LogP contribution in [0.3, 0.4) is 0 Å². The second-order valence-electron chi connectivity index (χ2n) is 4.63. The predicted octanol–water partition coefficient (Wildman–Crippen LogP) is 2.14. The predicted molar refractivity (Wildman–Crippen MR) is 70.7 cm³/mol. The number of hydrogen-bond donors (Lipinski definition) is 1. The van der Waals surface area contributed by atoms with Crippen LogP contribution < -0.4 is 10.1 Å². The average molecular weight is 250 g/mol. The maximum atomic E-state index is 5.78. The van der Waals surface area contributed by atoms with Gasteiger partial charge in [-0.3, -0.25) is 0 Å². The first-order valence-corrected chi connectivity index (χ1v) is 6.71. The fourth-order valence-corrected chi connectivity index (χ4v) is 2.24. The van der Waals surface area contributed by atoms with Crippen LogP contribution in [0, 0.1) is 0 Å². The minimum atomic E-state index is 0.502. The molecule has 2 rings (SSSR count). The second kappa shape index (κ2) is 7.34. The summed E-state index contributed by atoms with van der Waals surface area (Å²) in [6.07, 6.45) is 5.62. The van der Waals surface area contributed by atoms with Gasteiger partial charge in [0.25, 0.3) is 0 Å². The molecular formula is C14H22N2O2. The largest absolute Gasteiger partial charge is 0.481 e. The third kappa shape index (κ3) is 4.27. The van der Waals surface area contributed by atoms with E-state index in [2.05, 4.69) is 10.3 Å². The third-order valence-electron chi connectivity index (χ3n) is 3.23. The molecule has 0 radical (unpaired) electrons. The van der Waals surface area contributed by atoms with Gasteiger partial charge in [-0.05, 0) is 18.9 Å². The van der Waals surface area contributed by atoms with Crippen LogP contribution >= 0.6 is 0 Å². The van der Waals surface area contributed by atoms with Gasteiger partial charge >= 0.3 is 0 Å². The molecule has 1 saturated carbocycles. The molecule has 18 heavy (non-hydrogen) atoms. The Balaban J connectivity index is 1.59. The van der Waals surface area contributed by atoms with Crippen molar-refractivity contribution in [2.75, 3.05) is 20.3 Å². The van der Waals surface area contributed by atoms with Crippen LogP contribution in [0.25, 0.3) is 0 Å². The molecule has 1 aliphatic carbocycles. The van der Waals surface area contributed by atoms with Gasteiger partial charge in [0.15, 0.2) is 0 Å². The zero-order valence-corrected chi connectivity index (χ0v) is 11.0. The molecule has 0 unspecified atom stereocenters. The number of rotatable bonds is 7. The van der Waals surface area contributed by atoms with E-state index in [1.165, 1.54) is 25.7 Å². The van der Waals surface area contributed by atoms with Crippen molar-refractivity contribution in [3.05, 3.63) is 23.9 Å². The summed E-state index contributed by atoms with van der Waals surface area (Å²) < 4.78 is 10.9. The molecule has 1 N–H and O–H groups in total. The lowest BCUT2D eigenvalue weighted by atomic mass is 10.3. The smallest absolute Gasteiger partial charge is 0.213 e. The van der Waals surface area contributed by atoms with Gasteiger partial charge in [-0.1, -0.05) is 18.9 Å². The zero-order valence-electron chi connectivity index (χ0n) is 11.0. The summed E-state index contributed by atoms with van der Waals surface area (Å²) in [6.45, 7) is 2.41. The molecule has 0 bridgehead atoms. The first-order chi connectivity index (χ1) is 8.88. The summed E-state index contributed by atoms with van der Waals surface area (Å²) >= 11 is 0. The summed E-state index contributed by atoms with van der Waals surface area (Å²) in [5.74, 6) is 0.663. The Morgan fingerprint density at radius 3 is 2.94 bits per heavy atom. The highest BCUT2D eigenvalue weighted by molar-refractivity contribution is 5.15. The molecule has 1 fully saturated rings. The van der Waals surface area contributed by atoms with Gasteiger partial charge in [-0.15, -0.1) is 0 Å². The Kier molecular flexibility index (Phi) is 5.42.